The number of anilines is 3. The zero-order valence-corrected chi connectivity index (χ0v) is 30.1. The fourth-order valence-corrected chi connectivity index (χ4v) is 8.39. The number of furan rings is 1. The van der Waals surface area contributed by atoms with Gasteiger partial charge in [-0.3, -0.25) is 5.41 Å². The van der Waals surface area contributed by atoms with Crippen molar-refractivity contribution in [2.75, 3.05) is 4.90 Å². The average Bonchev–Trinajstić information content (AvgIpc) is 3.64. The summed E-state index contributed by atoms with van der Waals surface area (Å²) in [6, 6.07) is 62.9. The first-order valence-electron chi connectivity index (χ1n) is 18.7. The number of para-hydroxylation sites is 1. The van der Waals surface area contributed by atoms with Crippen LogP contribution in [0.25, 0.3) is 65.4 Å². The maximum absolute atomic E-state index is 9.26. The lowest BCUT2D eigenvalue weighted by molar-refractivity contribution is 0.669. The highest BCUT2D eigenvalue weighted by Gasteiger charge is 2.27. The molecule has 10 aromatic rings. The maximum atomic E-state index is 9.26. The Morgan fingerprint density at radius 2 is 1.18 bits per heavy atom. The SMILES string of the molecule is N=C(N=C(N=Cc1ccc(N2c3cc4ccccc4cc3-c3cccc4cccc2c34)c2ccccc12)c1ccccc1)c1cccc2oc3ccccc3c12. The average molecular weight is 717 g/mol. The Hall–Kier alpha value is -7.63. The Morgan fingerprint density at radius 3 is 2.04 bits per heavy atom. The fourth-order valence-electron chi connectivity index (χ4n) is 8.39. The van der Waals surface area contributed by atoms with Crippen molar-refractivity contribution in [3.8, 4) is 11.1 Å². The molecule has 0 radical (unpaired) electrons. The summed E-state index contributed by atoms with van der Waals surface area (Å²) < 4.78 is 6.13. The molecule has 2 heterocycles. The van der Waals surface area contributed by atoms with Crippen LogP contribution in [0.4, 0.5) is 17.1 Å². The van der Waals surface area contributed by atoms with Gasteiger partial charge in [-0.2, -0.15) is 0 Å². The van der Waals surface area contributed by atoms with Gasteiger partial charge in [0.25, 0.3) is 0 Å². The first-order chi connectivity index (χ1) is 27.7. The normalized spacial score (nSPS) is 12.7. The van der Waals surface area contributed by atoms with Crippen LogP contribution in [-0.4, -0.2) is 17.9 Å². The van der Waals surface area contributed by atoms with Crippen LogP contribution in [0.3, 0.4) is 0 Å². The van der Waals surface area contributed by atoms with E-state index in [0.29, 0.717) is 11.4 Å². The van der Waals surface area contributed by atoms with E-state index < -0.39 is 0 Å². The highest BCUT2D eigenvalue weighted by atomic mass is 16.3. The van der Waals surface area contributed by atoms with E-state index in [1.54, 1.807) is 0 Å². The molecule has 11 rings (SSSR count). The Morgan fingerprint density at radius 1 is 0.500 bits per heavy atom. The number of benzene rings is 9. The molecule has 5 heteroatoms. The van der Waals surface area contributed by atoms with Crippen molar-refractivity contribution in [3.63, 3.8) is 0 Å². The largest absolute Gasteiger partial charge is 0.456 e. The molecule has 0 bridgehead atoms. The quantitative estimate of drug-likeness (QED) is 0.146. The number of nitrogens with zero attached hydrogens (tertiary/aromatic N) is 3. The first-order valence-corrected chi connectivity index (χ1v) is 18.7. The summed E-state index contributed by atoms with van der Waals surface area (Å²) in [6.07, 6.45) is 1.88. The second-order valence-corrected chi connectivity index (χ2v) is 14.1. The summed E-state index contributed by atoms with van der Waals surface area (Å²) in [4.78, 5) is 12.3. The van der Waals surface area contributed by atoms with Crippen LogP contribution in [0.5, 0.6) is 0 Å². The van der Waals surface area contributed by atoms with Gasteiger partial charge in [0.05, 0.1) is 17.1 Å². The number of rotatable bonds is 4. The van der Waals surface area contributed by atoms with Crippen LogP contribution in [0, 0.1) is 5.41 Å². The number of hydrogen-bond acceptors (Lipinski definition) is 3. The molecule has 0 aliphatic carbocycles. The molecule has 0 amide bonds. The Balaban J connectivity index is 1.06. The molecule has 0 unspecified atom stereocenters. The molecule has 0 spiro atoms. The van der Waals surface area contributed by atoms with Gasteiger partial charge in [0.15, 0.2) is 11.7 Å². The van der Waals surface area contributed by atoms with Crippen molar-refractivity contribution in [1.29, 1.82) is 5.41 Å². The highest BCUT2D eigenvalue weighted by molar-refractivity contribution is 6.22. The van der Waals surface area contributed by atoms with Gasteiger partial charge in [0.1, 0.15) is 11.2 Å². The molecule has 0 fully saturated rings. The lowest BCUT2D eigenvalue weighted by Gasteiger charge is -2.34. The fraction of sp³-hybridized carbons (Fsp3) is 0. The molecule has 1 aliphatic heterocycles. The third kappa shape index (κ3) is 5.06. The van der Waals surface area contributed by atoms with E-state index in [2.05, 4.69) is 114 Å². The summed E-state index contributed by atoms with van der Waals surface area (Å²) in [7, 11) is 0. The molecular weight excluding hydrogens is 685 g/mol. The zero-order chi connectivity index (χ0) is 37.2. The molecule has 262 valence electrons. The summed E-state index contributed by atoms with van der Waals surface area (Å²) in [5.41, 5.74) is 9.84. The van der Waals surface area contributed by atoms with Crippen molar-refractivity contribution in [3.05, 3.63) is 199 Å². The molecule has 56 heavy (non-hydrogen) atoms. The number of aliphatic imine (C=N–C) groups is 2. The molecule has 0 saturated carbocycles. The summed E-state index contributed by atoms with van der Waals surface area (Å²) in [5.74, 6) is 0.567. The first kappa shape index (κ1) is 31.9. The minimum atomic E-state index is 0.115. The van der Waals surface area contributed by atoms with E-state index in [1.165, 1.54) is 32.7 Å². The number of amidine groups is 2. The van der Waals surface area contributed by atoms with E-state index in [9.17, 15) is 5.41 Å². The Kier molecular flexibility index (Phi) is 7.25. The van der Waals surface area contributed by atoms with Crippen LogP contribution < -0.4 is 4.90 Å². The Bertz CT molecular complexity index is 3280. The molecule has 1 N–H and O–H groups in total. The van der Waals surface area contributed by atoms with Crippen molar-refractivity contribution in [1.82, 2.24) is 0 Å². The number of hydrogen-bond donors (Lipinski definition) is 1. The molecule has 9 aromatic carbocycles. The van der Waals surface area contributed by atoms with Gasteiger partial charge in [-0.05, 0) is 63.5 Å². The van der Waals surface area contributed by atoms with Crippen LogP contribution in [0.15, 0.2) is 196 Å². The summed E-state index contributed by atoms with van der Waals surface area (Å²) >= 11 is 0. The van der Waals surface area contributed by atoms with Gasteiger partial charge in [0, 0.05) is 50.0 Å². The van der Waals surface area contributed by atoms with Crippen LogP contribution in [0.2, 0.25) is 0 Å². The topological polar surface area (TPSA) is 65.0 Å². The van der Waals surface area contributed by atoms with Crippen molar-refractivity contribution >= 4 is 89.2 Å². The molecule has 0 atom stereocenters. The monoisotopic (exact) mass is 716 g/mol. The lowest BCUT2D eigenvalue weighted by Crippen LogP contribution is -2.15. The molecular formula is C51H32N4O. The van der Waals surface area contributed by atoms with Gasteiger partial charge in [0.2, 0.25) is 0 Å². The third-order valence-corrected chi connectivity index (χ3v) is 10.9. The molecule has 5 nitrogen and oxygen atoms in total. The van der Waals surface area contributed by atoms with Crippen molar-refractivity contribution < 1.29 is 4.42 Å². The van der Waals surface area contributed by atoms with E-state index in [0.717, 1.165) is 60.9 Å². The predicted molar refractivity (Wildman–Crippen MR) is 234 cm³/mol. The minimum absolute atomic E-state index is 0.115. The van der Waals surface area contributed by atoms with Gasteiger partial charge in [-0.25, -0.2) is 9.98 Å². The molecule has 0 saturated heterocycles. The van der Waals surface area contributed by atoms with E-state index in [1.807, 2.05) is 79.0 Å². The molecule has 1 aliphatic rings. The van der Waals surface area contributed by atoms with Crippen molar-refractivity contribution in [2.45, 2.75) is 0 Å². The second kappa shape index (κ2) is 12.8. The lowest BCUT2D eigenvalue weighted by atomic mass is 9.88. The van der Waals surface area contributed by atoms with Gasteiger partial charge in [-0.15, -0.1) is 0 Å². The van der Waals surface area contributed by atoms with Crippen LogP contribution in [0.1, 0.15) is 16.7 Å². The predicted octanol–water partition coefficient (Wildman–Crippen LogP) is 13.4. The van der Waals surface area contributed by atoms with Gasteiger partial charge >= 0.3 is 0 Å². The minimum Gasteiger partial charge on any atom is -0.456 e. The number of nitrogens with one attached hydrogen (secondary N) is 1. The van der Waals surface area contributed by atoms with Gasteiger partial charge in [-0.1, -0.05) is 146 Å². The standard InChI is InChI=1S/C51H32N4O/c52-50(41-23-12-26-47-49(41)40-21-8-9-25-46(40)56-47)54-51(33-13-2-1-3-14-33)53-31-36-27-28-43(38-20-7-6-19-37(36)38)55-44-24-11-18-32-17-10-22-39(48(32)44)42-29-34-15-4-5-16-35(34)30-45(42)55/h1-31,52H. The maximum Gasteiger partial charge on any atom is 0.161 e. The van der Waals surface area contributed by atoms with Gasteiger partial charge < -0.3 is 9.32 Å². The van der Waals surface area contributed by atoms with Crippen LogP contribution in [-0.2, 0) is 0 Å². The number of fused-ring (bicyclic) bond motifs is 7. The van der Waals surface area contributed by atoms with Crippen molar-refractivity contribution in [2.24, 2.45) is 9.98 Å². The third-order valence-electron chi connectivity index (χ3n) is 10.9. The van der Waals surface area contributed by atoms with E-state index in [4.69, 9.17) is 14.4 Å². The van der Waals surface area contributed by atoms with Crippen LogP contribution >= 0.6 is 0 Å². The highest BCUT2D eigenvalue weighted by Crippen LogP contribution is 2.53. The van der Waals surface area contributed by atoms with E-state index >= 15 is 0 Å². The zero-order valence-electron chi connectivity index (χ0n) is 30.1. The smallest absolute Gasteiger partial charge is 0.161 e. The summed E-state index contributed by atoms with van der Waals surface area (Å²) in [6.45, 7) is 0. The summed E-state index contributed by atoms with van der Waals surface area (Å²) in [5, 5.41) is 18.2. The van der Waals surface area contributed by atoms with E-state index in [-0.39, 0.29) is 5.84 Å². The Labute approximate surface area is 322 Å². The molecule has 1 aromatic heterocycles. The second-order valence-electron chi connectivity index (χ2n) is 14.1.